The average Bonchev–Trinajstić information content (AvgIpc) is 3.19. The van der Waals surface area contributed by atoms with Gasteiger partial charge in [0.1, 0.15) is 11.3 Å². The third kappa shape index (κ3) is 4.25. The van der Waals surface area contributed by atoms with Gasteiger partial charge in [0, 0.05) is 29.2 Å². The van der Waals surface area contributed by atoms with Gasteiger partial charge in [0.2, 0.25) is 0 Å². The maximum absolute atomic E-state index is 13.4. The van der Waals surface area contributed by atoms with Gasteiger partial charge in [-0.25, -0.2) is 9.69 Å². The average molecular weight is 500 g/mol. The number of rotatable bonds is 5. The van der Waals surface area contributed by atoms with Crippen molar-refractivity contribution in [3.63, 3.8) is 0 Å². The van der Waals surface area contributed by atoms with Crippen LogP contribution in [0.3, 0.4) is 0 Å². The number of para-hydroxylation sites is 1. The summed E-state index contributed by atoms with van der Waals surface area (Å²) in [6.07, 6.45) is 3.43. The highest BCUT2D eigenvalue weighted by Gasteiger charge is 2.37. The van der Waals surface area contributed by atoms with E-state index >= 15 is 0 Å². The number of methoxy groups -OCH3 is 1. The largest absolute Gasteiger partial charge is 0.495 e. The highest BCUT2D eigenvalue weighted by Crippen LogP contribution is 2.32. The van der Waals surface area contributed by atoms with E-state index in [1.54, 1.807) is 6.07 Å². The van der Waals surface area contributed by atoms with Gasteiger partial charge in [0.25, 0.3) is 11.8 Å². The fourth-order valence-corrected chi connectivity index (χ4v) is 4.62. The first-order valence-corrected chi connectivity index (χ1v) is 11.6. The molecule has 1 saturated heterocycles. The molecule has 5 rings (SSSR count). The summed E-state index contributed by atoms with van der Waals surface area (Å²) in [4.78, 5) is 39.6. The lowest BCUT2D eigenvalue weighted by atomic mass is 10.1. The van der Waals surface area contributed by atoms with Crippen LogP contribution in [-0.2, 0) is 16.1 Å². The van der Waals surface area contributed by atoms with E-state index in [0.717, 1.165) is 21.4 Å². The summed E-state index contributed by atoms with van der Waals surface area (Å²) in [5.41, 5.74) is 4.03. The maximum Gasteiger partial charge on any atom is 0.335 e. The summed E-state index contributed by atoms with van der Waals surface area (Å²) >= 11 is 6.20. The number of fused-ring (bicyclic) bond motifs is 1. The highest BCUT2D eigenvalue weighted by molar-refractivity contribution is 6.40. The van der Waals surface area contributed by atoms with Crippen molar-refractivity contribution in [1.29, 1.82) is 0 Å². The molecular formula is C28H22ClN3O4. The Morgan fingerprint density at radius 3 is 2.56 bits per heavy atom. The number of carbonyl (C=O) groups excluding carboxylic acids is 3. The van der Waals surface area contributed by atoms with Crippen LogP contribution >= 0.6 is 11.6 Å². The highest BCUT2D eigenvalue weighted by atomic mass is 35.5. The summed E-state index contributed by atoms with van der Waals surface area (Å²) in [5.74, 6) is -1.09. The van der Waals surface area contributed by atoms with Crippen molar-refractivity contribution < 1.29 is 19.1 Å². The minimum absolute atomic E-state index is 0.153. The zero-order valence-corrected chi connectivity index (χ0v) is 20.4. The molecule has 0 radical (unpaired) electrons. The van der Waals surface area contributed by atoms with Crippen LogP contribution in [0.5, 0.6) is 5.75 Å². The molecule has 1 fully saturated rings. The van der Waals surface area contributed by atoms with Crippen molar-refractivity contribution >= 4 is 52.1 Å². The minimum atomic E-state index is -0.842. The number of amides is 4. The van der Waals surface area contributed by atoms with E-state index in [1.807, 2.05) is 49.5 Å². The molecule has 0 spiro atoms. The normalized spacial score (nSPS) is 15.0. The van der Waals surface area contributed by atoms with E-state index < -0.39 is 17.8 Å². The van der Waals surface area contributed by atoms with Crippen LogP contribution in [0.4, 0.5) is 10.5 Å². The fraction of sp³-hybridized carbons (Fsp3) is 0.107. The second-order valence-electron chi connectivity index (χ2n) is 8.50. The predicted octanol–water partition coefficient (Wildman–Crippen LogP) is 5.33. The number of anilines is 1. The second kappa shape index (κ2) is 9.36. The van der Waals surface area contributed by atoms with Crippen molar-refractivity contribution in [3.8, 4) is 5.75 Å². The zero-order valence-electron chi connectivity index (χ0n) is 19.6. The molecule has 8 heteroatoms. The molecule has 1 aromatic heterocycles. The smallest absolute Gasteiger partial charge is 0.335 e. The van der Waals surface area contributed by atoms with Gasteiger partial charge in [-0.05, 0) is 42.8 Å². The summed E-state index contributed by atoms with van der Waals surface area (Å²) in [7, 11) is 1.47. The monoisotopic (exact) mass is 499 g/mol. The van der Waals surface area contributed by atoms with Gasteiger partial charge in [0.15, 0.2) is 0 Å². The SMILES string of the molecule is COc1ccc(N2C(=O)NC(=O)/C(=C/c3cn(Cc4cccc(C)c4)c4ccccc34)C2=O)cc1Cl. The summed E-state index contributed by atoms with van der Waals surface area (Å²) in [6.45, 7) is 2.67. The number of nitrogens with one attached hydrogen (secondary N) is 1. The molecule has 7 nitrogen and oxygen atoms in total. The number of carbonyl (C=O) groups is 3. The van der Waals surface area contributed by atoms with E-state index in [1.165, 1.54) is 30.9 Å². The molecule has 4 aromatic rings. The third-order valence-corrected chi connectivity index (χ3v) is 6.35. The Morgan fingerprint density at radius 2 is 1.81 bits per heavy atom. The first-order valence-electron chi connectivity index (χ1n) is 11.2. The first-order chi connectivity index (χ1) is 17.4. The Labute approximate surface area is 212 Å². The number of halogens is 1. The van der Waals surface area contributed by atoms with Crippen molar-refractivity contribution in [1.82, 2.24) is 9.88 Å². The van der Waals surface area contributed by atoms with E-state index in [9.17, 15) is 14.4 Å². The predicted molar refractivity (Wildman–Crippen MR) is 139 cm³/mol. The number of nitrogens with zero attached hydrogens (tertiary/aromatic N) is 2. The number of hydrogen-bond acceptors (Lipinski definition) is 4. The van der Waals surface area contributed by atoms with Gasteiger partial charge in [-0.15, -0.1) is 0 Å². The lowest BCUT2D eigenvalue weighted by Gasteiger charge is -2.26. The minimum Gasteiger partial charge on any atom is -0.495 e. The molecule has 180 valence electrons. The van der Waals surface area contributed by atoms with E-state index in [-0.39, 0.29) is 16.3 Å². The van der Waals surface area contributed by atoms with Crippen LogP contribution in [0, 0.1) is 6.92 Å². The first kappa shape index (κ1) is 23.4. The van der Waals surface area contributed by atoms with Gasteiger partial charge in [-0.3, -0.25) is 14.9 Å². The molecule has 0 unspecified atom stereocenters. The lowest BCUT2D eigenvalue weighted by molar-refractivity contribution is -0.122. The Kier molecular flexibility index (Phi) is 6.08. The molecule has 2 heterocycles. The Bertz CT molecular complexity index is 1570. The van der Waals surface area contributed by atoms with Crippen LogP contribution < -0.4 is 15.0 Å². The topological polar surface area (TPSA) is 80.6 Å². The number of ether oxygens (including phenoxy) is 1. The third-order valence-electron chi connectivity index (χ3n) is 6.05. The fourth-order valence-electron chi connectivity index (χ4n) is 4.37. The van der Waals surface area contributed by atoms with Crippen LogP contribution in [0.2, 0.25) is 5.02 Å². The molecule has 0 saturated carbocycles. The van der Waals surface area contributed by atoms with Crippen molar-refractivity contribution in [3.05, 3.63) is 100 Å². The Hall–Kier alpha value is -4.36. The van der Waals surface area contributed by atoms with Crippen LogP contribution in [0.1, 0.15) is 16.7 Å². The van der Waals surface area contributed by atoms with Gasteiger partial charge in [-0.2, -0.15) is 0 Å². The van der Waals surface area contributed by atoms with E-state index in [0.29, 0.717) is 17.9 Å². The number of imide groups is 2. The number of hydrogen-bond donors (Lipinski definition) is 1. The quantitative estimate of drug-likeness (QED) is 0.297. The molecule has 3 aromatic carbocycles. The lowest BCUT2D eigenvalue weighted by Crippen LogP contribution is -2.54. The standard InChI is InChI=1S/C28H22ClN3O4/c1-17-6-5-7-18(12-17)15-31-16-19(21-8-3-4-9-24(21)31)13-22-26(33)30-28(35)32(27(22)34)20-10-11-25(36-2)23(29)14-20/h3-14,16H,15H2,1-2H3,(H,30,33,35)/b22-13-. The van der Waals surface area contributed by atoms with Crippen molar-refractivity contribution in [2.75, 3.05) is 12.0 Å². The Balaban J connectivity index is 1.56. The second-order valence-corrected chi connectivity index (χ2v) is 8.90. The van der Waals surface area contributed by atoms with Gasteiger partial charge >= 0.3 is 6.03 Å². The van der Waals surface area contributed by atoms with Crippen molar-refractivity contribution in [2.45, 2.75) is 13.5 Å². The van der Waals surface area contributed by atoms with Crippen LogP contribution in [0.15, 0.2) is 78.5 Å². The zero-order chi connectivity index (χ0) is 25.4. The van der Waals surface area contributed by atoms with Crippen LogP contribution in [-0.4, -0.2) is 29.5 Å². The summed E-state index contributed by atoms with van der Waals surface area (Å²) in [5, 5.41) is 3.37. The molecule has 1 aliphatic rings. The molecule has 1 N–H and O–H groups in total. The maximum atomic E-state index is 13.4. The molecule has 4 amide bonds. The summed E-state index contributed by atoms with van der Waals surface area (Å²) < 4.78 is 7.22. The number of aromatic nitrogens is 1. The van der Waals surface area contributed by atoms with E-state index in [4.69, 9.17) is 16.3 Å². The molecule has 0 atom stereocenters. The van der Waals surface area contributed by atoms with Crippen molar-refractivity contribution in [2.24, 2.45) is 0 Å². The molecule has 0 bridgehead atoms. The molecular weight excluding hydrogens is 478 g/mol. The number of barbiturate groups is 1. The van der Waals surface area contributed by atoms with Gasteiger partial charge in [0.05, 0.1) is 17.8 Å². The number of aryl methyl sites for hydroxylation is 1. The summed E-state index contributed by atoms with van der Waals surface area (Å²) in [6, 6.07) is 19.7. The number of benzene rings is 3. The molecule has 36 heavy (non-hydrogen) atoms. The van der Waals surface area contributed by atoms with E-state index in [2.05, 4.69) is 22.0 Å². The Morgan fingerprint density at radius 1 is 1.00 bits per heavy atom. The van der Waals surface area contributed by atoms with Gasteiger partial charge < -0.3 is 9.30 Å². The number of urea groups is 1. The molecule has 0 aliphatic carbocycles. The van der Waals surface area contributed by atoms with Gasteiger partial charge in [-0.1, -0.05) is 59.6 Å². The van der Waals surface area contributed by atoms with Crippen LogP contribution in [0.25, 0.3) is 17.0 Å². The molecule has 1 aliphatic heterocycles.